The van der Waals surface area contributed by atoms with Crippen LogP contribution in [0.25, 0.3) is 0 Å². The van der Waals surface area contributed by atoms with Crippen molar-refractivity contribution in [3.63, 3.8) is 0 Å². The van der Waals surface area contributed by atoms with E-state index < -0.39 is 0 Å². The van der Waals surface area contributed by atoms with Gasteiger partial charge in [-0.1, -0.05) is 25.4 Å². The Balaban J connectivity index is 2.71. The molecule has 0 aliphatic carbocycles. The van der Waals surface area contributed by atoms with Gasteiger partial charge >= 0.3 is 0 Å². The molecule has 0 heterocycles. The number of aryl methyl sites for hydroxylation is 1. The lowest BCUT2D eigenvalue weighted by Crippen LogP contribution is -2.37. The Bertz CT molecular complexity index is 418. The summed E-state index contributed by atoms with van der Waals surface area (Å²) in [6.45, 7) is 6.10. The molecule has 4 heteroatoms. The summed E-state index contributed by atoms with van der Waals surface area (Å²) < 4.78 is 0. The van der Waals surface area contributed by atoms with Crippen LogP contribution in [-0.4, -0.2) is 17.8 Å². The Hall–Kier alpha value is -0.730. The summed E-state index contributed by atoms with van der Waals surface area (Å²) in [6.07, 6.45) is 0.877. The molecule has 0 fully saturated rings. The summed E-state index contributed by atoms with van der Waals surface area (Å²) in [5.74, 6) is 0.832. The molecule has 1 unspecified atom stereocenters. The lowest BCUT2D eigenvalue weighted by molar-refractivity contribution is 0.0936. The average molecular weight is 288 g/mol. The highest BCUT2D eigenvalue weighted by molar-refractivity contribution is 6.31. The summed E-state index contributed by atoms with van der Waals surface area (Å²) in [5.41, 5.74) is 1.52. The molecule has 0 aromatic heterocycles. The molecule has 1 aromatic rings. The quantitative estimate of drug-likeness (QED) is 0.814. The highest BCUT2D eigenvalue weighted by Gasteiger charge is 2.14. The lowest BCUT2D eigenvalue weighted by atomic mass is 10.0. The van der Waals surface area contributed by atoms with Crippen LogP contribution in [0.15, 0.2) is 18.2 Å². The number of hydrogen-bond acceptors (Lipinski definition) is 1. The third kappa shape index (κ3) is 4.51. The van der Waals surface area contributed by atoms with Crippen molar-refractivity contribution in [2.24, 2.45) is 5.92 Å². The third-order valence-corrected chi connectivity index (χ3v) is 3.49. The zero-order chi connectivity index (χ0) is 13.7. The highest BCUT2D eigenvalue weighted by atomic mass is 35.5. The first-order valence-electron chi connectivity index (χ1n) is 6.07. The molecule has 18 heavy (non-hydrogen) atoms. The van der Waals surface area contributed by atoms with Crippen LogP contribution in [0.3, 0.4) is 0 Å². The minimum atomic E-state index is -0.0962. The van der Waals surface area contributed by atoms with Gasteiger partial charge in [0.2, 0.25) is 0 Å². The van der Waals surface area contributed by atoms with Gasteiger partial charge in [-0.15, -0.1) is 11.6 Å². The second-order valence-electron chi connectivity index (χ2n) is 4.92. The molecule has 1 atom stereocenters. The van der Waals surface area contributed by atoms with Crippen LogP contribution in [-0.2, 0) is 0 Å². The van der Waals surface area contributed by atoms with Gasteiger partial charge in [0.15, 0.2) is 0 Å². The first kappa shape index (κ1) is 15.3. The Kier molecular flexibility index (Phi) is 5.97. The molecule has 100 valence electrons. The Labute approximate surface area is 119 Å². The second kappa shape index (κ2) is 7.01. The van der Waals surface area contributed by atoms with Crippen molar-refractivity contribution in [1.29, 1.82) is 0 Å². The van der Waals surface area contributed by atoms with Crippen molar-refractivity contribution >= 4 is 29.1 Å². The van der Waals surface area contributed by atoms with Crippen LogP contribution in [0.1, 0.15) is 36.2 Å². The highest BCUT2D eigenvalue weighted by Crippen LogP contribution is 2.16. The van der Waals surface area contributed by atoms with E-state index in [1.807, 2.05) is 6.92 Å². The lowest BCUT2D eigenvalue weighted by Gasteiger charge is -2.18. The molecular weight excluding hydrogens is 269 g/mol. The maximum atomic E-state index is 12.0. The maximum Gasteiger partial charge on any atom is 0.251 e. The molecule has 0 saturated heterocycles. The number of carbonyl (C=O) groups is 1. The number of benzene rings is 1. The number of amides is 1. The molecule has 0 radical (unpaired) electrons. The molecule has 0 aliphatic rings. The van der Waals surface area contributed by atoms with E-state index in [1.54, 1.807) is 18.2 Å². The first-order chi connectivity index (χ1) is 8.43. The van der Waals surface area contributed by atoms with Gasteiger partial charge in [-0.3, -0.25) is 4.79 Å². The molecule has 0 spiro atoms. The average Bonchev–Trinajstić information content (AvgIpc) is 2.31. The second-order valence-corrected chi connectivity index (χ2v) is 5.63. The van der Waals surface area contributed by atoms with E-state index in [2.05, 4.69) is 19.2 Å². The maximum absolute atomic E-state index is 12.0. The van der Waals surface area contributed by atoms with Crippen LogP contribution in [0.2, 0.25) is 5.02 Å². The number of hydrogen-bond donors (Lipinski definition) is 1. The van der Waals surface area contributed by atoms with Crippen LogP contribution >= 0.6 is 23.2 Å². The fraction of sp³-hybridized carbons (Fsp3) is 0.500. The number of carbonyl (C=O) groups excluding carboxylic acids is 1. The van der Waals surface area contributed by atoms with Gasteiger partial charge in [-0.25, -0.2) is 0 Å². The van der Waals surface area contributed by atoms with E-state index >= 15 is 0 Å². The van der Waals surface area contributed by atoms with Gasteiger partial charge in [-0.2, -0.15) is 0 Å². The molecule has 1 N–H and O–H groups in total. The van der Waals surface area contributed by atoms with Crippen LogP contribution in [0.4, 0.5) is 0 Å². The van der Waals surface area contributed by atoms with E-state index in [0.717, 1.165) is 12.0 Å². The summed E-state index contributed by atoms with van der Waals surface area (Å²) >= 11 is 11.8. The minimum absolute atomic E-state index is 0.00940. The first-order valence-corrected chi connectivity index (χ1v) is 6.98. The zero-order valence-corrected chi connectivity index (χ0v) is 12.5. The Morgan fingerprint density at radius 3 is 2.56 bits per heavy atom. The Morgan fingerprint density at radius 2 is 2.06 bits per heavy atom. The monoisotopic (exact) mass is 287 g/mol. The standard InChI is InChI=1S/C14H19Cl2NO/c1-9(2)6-12(8-15)17-14(18)11-4-5-13(16)10(3)7-11/h4-5,7,9,12H,6,8H2,1-3H3,(H,17,18). The van der Waals surface area contributed by atoms with E-state index in [1.165, 1.54) is 0 Å². The molecule has 1 rings (SSSR count). The van der Waals surface area contributed by atoms with Gasteiger partial charge in [0, 0.05) is 22.5 Å². The third-order valence-electron chi connectivity index (χ3n) is 2.70. The van der Waals surface area contributed by atoms with Crippen molar-refractivity contribution in [1.82, 2.24) is 5.32 Å². The predicted octanol–water partition coefficient (Wildman–Crippen LogP) is 4.03. The van der Waals surface area contributed by atoms with Gasteiger partial charge in [0.05, 0.1) is 0 Å². The molecule has 0 saturated carbocycles. The zero-order valence-electron chi connectivity index (χ0n) is 11.0. The van der Waals surface area contributed by atoms with Crippen molar-refractivity contribution < 1.29 is 4.79 Å². The number of nitrogens with one attached hydrogen (secondary N) is 1. The molecule has 0 aliphatic heterocycles. The summed E-state index contributed by atoms with van der Waals surface area (Å²) in [6, 6.07) is 5.27. The summed E-state index contributed by atoms with van der Waals surface area (Å²) in [7, 11) is 0. The normalized spacial score (nSPS) is 12.6. The number of alkyl halides is 1. The van der Waals surface area contributed by atoms with Gasteiger partial charge in [0.25, 0.3) is 5.91 Å². The Morgan fingerprint density at radius 1 is 1.39 bits per heavy atom. The number of rotatable bonds is 5. The number of halogens is 2. The molecule has 1 aromatic carbocycles. The minimum Gasteiger partial charge on any atom is -0.348 e. The van der Waals surface area contributed by atoms with E-state index in [0.29, 0.717) is 22.4 Å². The van der Waals surface area contributed by atoms with Crippen molar-refractivity contribution in [3.05, 3.63) is 34.3 Å². The fourth-order valence-electron chi connectivity index (χ4n) is 1.78. The van der Waals surface area contributed by atoms with Crippen molar-refractivity contribution in [2.45, 2.75) is 33.2 Å². The van der Waals surface area contributed by atoms with Crippen molar-refractivity contribution in [3.8, 4) is 0 Å². The van der Waals surface area contributed by atoms with Gasteiger partial charge in [-0.05, 0) is 43.0 Å². The fourth-order valence-corrected chi connectivity index (χ4v) is 2.10. The van der Waals surface area contributed by atoms with E-state index in [-0.39, 0.29) is 11.9 Å². The van der Waals surface area contributed by atoms with Crippen LogP contribution in [0.5, 0.6) is 0 Å². The molecule has 0 bridgehead atoms. The largest absolute Gasteiger partial charge is 0.348 e. The smallest absolute Gasteiger partial charge is 0.251 e. The summed E-state index contributed by atoms with van der Waals surface area (Å²) in [4.78, 5) is 12.0. The predicted molar refractivity (Wildman–Crippen MR) is 77.6 cm³/mol. The molecule has 1 amide bonds. The van der Waals surface area contributed by atoms with Gasteiger partial charge < -0.3 is 5.32 Å². The SMILES string of the molecule is Cc1cc(C(=O)NC(CCl)CC(C)C)ccc1Cl. The van der Waals surface area contributed by atoms with Crippen LogP contribution in [0, 0.1) is 12.8 Å². The van der Waals surface area contributed by atoms with E-state index in [4.69, 9.17) is 23.2 Å². The van der Waals surface area contributed by atoms with Crippen LogP contribution < -0.4 is 5.32 Å². The van der Waals surface area contributed by atoms with Crippen molar-refractivity contribution in [2.75, 3.05) is 5.88 Å². The summed E-state index contributed by atoms with van der Waals surface area (Å²) in [5, 5.41) is 3.62. The topological polar surface area (TPSA) is 29.1 Å². The van der Waals surface area contributed by atoms with E-state index in [9.17, 15) is 4.79 Å². The van der Waals surface area contributed by atoms with Gasteiger partial charge in [0.1, 0.15) is 0 Å². The molecule has 2 nitrogen and oxygen atoms in total. The molecular formula is C14H19Cl2NO.